The molecule has 1 aromatic rings. The lowest BCUT2D eigenvalue weighted by Gasteiger charge is -2.42. The second-order valence-corrected chi connectivity index (χ2v) is 17.0. The number of rotatable bonds is 11. The van der Waals surface area contributed by atoms with Gasteiger partial charge in [-0.1, -0.05) is 72.9 Å². The van der Waals surface area contributed by atoms with Gasteiger partial charge in [0.05, 0.1) is 18.2 Å². The largest absolute Gasteiger partial charge is 0.508 e. The number of amides is 2. The Bertz CT molecular complexity index is 947. The molecular formula is C29H46N2O5Si. The summed E-state index contributed by atoms with van der Waals surface area (Å²) < 4.78 is 12.6. The molecule has 1 unspecified atom stereocenters. The Labute approximate surface area is 223 Å². The fourth-order valence-corrected chi connectivity index (χ4v) is 11.9. The third-order valence-electron chi connectivity index (χ3n) is 8.16. The maximum Gasteiger partial charge on any atom is 0.338 e. The molecule has 0 aromatic heterocycles. The van der Waals surface area contributed by atoms with Crippen LogP contribution >= 0.6 is 0 Å². The first-order valence-electron chi connectivity index (χ1n) is 14.0. The van der Waals surface area contributed by atoms with Crippen LogP contribution in [0.4, 0.5) is 4.79 Å². The molecule has 7 nitrogen and oxygen atoms in total. The fraction of sp³-hybridized carbons (Fsp3) is 0.655. The zero-order valence-corrected chi connectivity index (χ0v) is 24.4. The van der Waals surface area contributed by atoms with Gasteiger partial charge in [0.15, 0.2) is 8.32 Å². The molecule has 3 N–H and O–H groups in total. The van der Waals surface area contributed by atoms with E-state index in [0.29, 0.717) is 59.0 Å². The van der Waals surface area contributed by atoms with Crippen LogP contribution in [0.15, 0.2) is 35.5 Å². The molecule has 0 spiro atoms. The normalized spacial score (nSPS) is 19.4. The minimum atomic E-state index is -2.10. The molecule has 0 radical (unpaired) electrons. The van der Waals surface area contributed by atoms with Crippen LogP contribution in [0.1, 0.15) is 91.7 Å². The van der Waals surface area contributed by atoms with Crippen molar-refractivity contribution in [2.75, 3.05) is 13.2 Å². The Morgan fingerprint density at radius 3 is 2.30 bits per heavy atom. The number of phenolic OH excluding ortho intramolecular Hbond substituents is 1. The molecular weight excluding hydrogens is 484 g/mol. The van der Waals surface area contributed by atoms with E-state index in [-0.39, 0.29) is 11.8 Å². The molecule has 1 fully saturated rings. The summed E-state index contributed by atoms with van der Waals surface area (Å²) in [6, 6.07) is 5.56. The van der Waals surface area contributed by atoms with Crippen molar-refractivity contribution in [1.82, 2.24) is 10.6 Å². The molecule has 1 aliphatic heterocycles. The highest BCUT2D eigenvalue weighted by atomic mass is 28.4. The van der Waals surface area contributed by atoms with Crippen LogP contribution in [-0.4, -0.2) is 38.6 Å². The Morgan fingerprint density at radius 1 is 1.05 bits per heavy atom. The van der Waals surface area contributed by atoms with E-state index in [1.807, 2.05) is 0 Å². The van der Waals surface area contributed by atoms with Crippen molar-refractivity contribution in [3.63, 3.8) is 0 Å². The van der Waals surface area contributed by atoms with E-state index in [4.69, 9.17) is 9.16 Å². The Balaban J connectivity index is 1.89. The molecule has 2 aliphatic rings. The first kappa shape index (κ1) is 29.2. The second-order valence-electron chi connectivity index (χ2n) is 11.5. The van der Waals surface area contributed by atoms with Gasteiger partial charge in [-0.05, 0) is 53.1 Å². The topological polar surface area (TPSA) is 96.9 Å². The van der Waals surface area contributed by atoms with Gasteiger partial charge in [0.25, 0.3) is 0 Å². The van der Waals surface area contributed by atoms with Crippen LogP contribution in [0.3, 0.4) is 0 Å². The van der Waals surface area contributed by atoms with Gasteiger partial charge in [0, 0.05) is 18.7 Å². The standard InChI is InChI=1S/C29H46N2O5Si/c1-19(2)37(20(3)4,21(5)6)36-16-15-25-26(28(33)35-18-22-11-8-7-9-12-22)27(31-29(34)30-25)23-13-10-14-24(32)17-23/h10,13-14,17,19-22,27,32H,7-9,11-12,15-16,18H2,1-6H3,(H2,30,31,34). The van der Waals surface area contributed by atoms with Gasteiger partial charge in [0.2, 0.25) is 0 Å². The monoisotopic (exact) mass is 530 g/mol. The molecule has 8 heteroatoms. The minimum absolute atomic E-state index is 0.0756. The fourth-order valence-electron chi connectivity index (χ4n) is 6.47. The van der Waals surface area contributed by atoms with Gasteiger partial charge < -0.3 is 24.9 Å². The highest BCUT2D eigenvalue weighted by molar-refractivity contribution is 6.77. The number of carbonyl (C=O) groups is 2. The highest BCUT2D eigenvalue weighted by Gasteiger charge is 2.45. The van der Waals surface area contributed by atoms with Crippen molar-refractivity contribution in [3.05, 3.63) is 41.1 Å². The number of hydrogen-bond donors (Lipinski definition) is 3. The first-order chi connectivity index (χ1) is 17.6. The lowest BCUT2D eigenvalue weighted by atomic mass is 9.90. The Morgan fingerprint density at radius 2 is 1.70 bits per heavy atom. The maximum absolute atomic E-state index is 13.5. The summed E-state index contributed by atoms with van der Waals surface area (Å²) in [6.45, 7) is 14.2. The van der Waals surface area contributed by atoms with Crippen LogP contribution in [0, 0.1) is 5.92 Å². The van der Waals surface area contributed by atoms with E-state index >= 15 is 0 Å². The van der Waals surface area contributed by atoms with E-state index in [1.165, 1.54) is 19.3 Å². The number of carbonyl (C=O) groups excluding carboxylic acids is 2. The molecule has 1 heterocycles. The lowest BCUT2D eigenvalue weighted by molar-refractivity contribution is -0.141. The molecule has 0 saturated heterocycles. The number of benzene rings is 1. The average molecular weight is 531 g/mol. The summed E-state index contributed by atoms with van der Waals surface area (Å²) >= 11 is 0. The van der Waals surface area contributed by atoms with Gasteiger partial charge in [0.1, 0.15) is 5.75 Å². The number of ether oxygens (including phenoxy) is 1. The third-order valence-corrected chi connectivity index (χ3v) is 14.3. The van der Waals surface area contributed by atoms with E-state index in [1.54, 1.807) is 24.3 Å². The van der Waals surface area contributed by atoms with Gasteiger partial charge in [-0.2, -0.15) is 0 Å². The molecule has 1 saturated carbocycles. The van der Waals surface area contributed by atoms with E-state index in [0.717, 1.165) is 12.8 Å². The number of phenols is 1. The van der Waals surface area contributed by atoms with Crippen LogP contribution < -0.4 is 10.6 Å². The summed E-state index contributed by atoms with van der Waals surface area (Å²) in [5.74, 6) is 0.0263. The van der Waals surface area contributed by atoms with Crippen molar-refractivity contribution >= 4 is 20.3 Å². The summed E-state index contributed by atoms with van der Waals surface area (Å²) in [4.78, 5) is 26.2. The Kier molecular flexibility index (Phi) is 10.2. The first-order valence-corrected chi connectivity index (χ1v) is 16.1. The SMILES string of the molecule is CC(C)[Si](OCCC1=C(C(=O)OCC2CCCCC2)C(c2cccc(O)c2)NC(=O)N1)(C(C)C)C(C)C. The minimum Gasteiger partial charge on any atom is -0.508 e. The zero-order valence-electron chi connectivity index (χ0n) is 23.4. The number of aromatic hydroxyl groups is 1. The zero-order chi connectivity index (χ0) is 27.2. The smallest absolute Gasteiger partial charge is 0.338 e. The van der Waals surface area contributed by atoms with Crippen molar-refractivity contribution in [1.29, 1.82) is 0 Å². The maximum atomic E-state index is 13.5. The van der Waals surface area contributed by atoms with Crippen molar-refractivity contribution in [2.24, 2.45) is 5.92 Å². The van der Waals surface area contributed by atoms with Gasteiger partial charge in [-0.25, -0.2) is 9.59 Å². The number of hydrogen-bond acceptors (Lipinski definition) is 5. The van der Waals surface area contributed by atoms with E-state index in [2.05, 4.69) is 52.2 Å². The van der Waals surface area contributed by atoms with Crippen molar-refractivity contribution in [2.45, 2.75) is 103 Å². The number of esters is 1. The lowest BCUT2D eigenvalue weighted by Crippen LogP contribution is -2.49. The summed E-state index contributed by atoms with van der Waals surface area (Å²) in [5.41, 5.74) is 2.85. The summed E-state index contributed by atoms with van der Waals surface area (Å²) in [6.07, 6.45) is 6.13. The molecule has 1 aliphatic carbocycles. The van der Waals surface area contributed by atoms with Crippen molar-refractivity contribution < 1.29 is 23.9 Å². The van der Waals surface area contributed by atoms with E-state index < -0.39 is 20.3 Å². The van der Waals surface area contributed by atoms with Crippen LogP contribution in [0.2, 0.25) is 16.6 Å². The molecule has 206 valence electrons. The Hall–Kier alpha value is -2.32. The molecule has 3 rings (SSSR count). The molecule has 37 heavy (non-hydrogen) atoms. The quantitative estimate of drug-likeness (QED) is 0.218. The van der Waals surface area contributed by atoms with Gasteiger partial charge in [-0.15, -0.1) is 0 Å². The van der Waals surface area contributed by atoms with Crippen LogP contribution in [0.5, 0.6) is 5.75 Å². The number of urea groups is 1. The summed E-state index contributed by atoms with van der Waals surface area (Å²) in [5, 5.41) is 15.8. The third kappa shape index (κ3) is 6.96. The molecule has 1 aromatic carbocycles. The number of nitrogens with one attached hydrogen (secondary N) is 2. The highest BCUT2D eigenvalue weighted by Crippen LogP contribution is 2.42. The summed E-state index contributed by atoms with van der Waals surface area (Å²) in [7, 11) is -2.10. The van der Waals surface area contributed by atoms with Gasteiger partial charge >= 0.3 is 12.0 Å². The van der Waals surface area contributed by atoms with E-state index in [9.17, 15) is 14.7 Å². The predicted molar refractivity (Wildman–Crippen MR) is 149 cm³/mol. The van der Waals surface area contributed by atoms with Crippen LogP contribution in [-0.2, 0) is 14.0 Å². The average Bonchev–Trinajstić information content (AvgIpc) is 2.84. The predicted octanol–water partition coefficient (Wildman–Crippen LogP) is 6.71. The second kappa shape index (κ2) is 13.0. The van der Waals surface area contributed by atoms with Gasteiger partial charge in [-0.3, -0.25) is 0 Å². The molecule has 0 bridgehead atoms. The van der Waals surface area contributed by atoms with Crippen LogP contribution in [0.25, 0.3) is 0 Å². The molecule has 1 atom stereocenters. The van der Waals surface area contributed by atoms with Crippen molar-refractivity contribution in [3.8, 4) is 5.75 Å². The molecule has 2 amide bonds.